The number of halogens is 4. The molecule has 5 rings (SSSR count). The monoisotopic (exact) mass is 614 g/mol. The standard InChI is InChI=1S/C28H26BrF3N6O2/c1-5-15(2)34-27-35-23-13-37(25(39)17-6-8-21(29)20(11-17)28(30,31)32)16(3)10-19(23)26(40)38(27)18-7-9-24-22(12-18)33-14-36(24)4/h5-9,11-12,14-16H,1,10,13H2,2-4H3,(H,34,35). The molecule has 0 saturated carbocycles. The van der Waals surface area contributed by atoms with E-state index < -0.39 is 23.7 Å². The molecule has 2 atom stereocenters. The summed E-state index contributed by atoms with van der Waals surface area (Å²) in [7, 11) is 1.88. The van der Waals surface area contributed by atoms with Crippen LogP contribution in [0.5, 0.6) is 0 Å². The first-order valence-corrected chi connectivity index (χ1v) is 13.3. The van der Waals surface area contributed by atoms with Gasteiger partial charge < -0.3 is 14.8 Å². The van der Waals surface area contributed by atoms with Crippen LogP contribution in [0.1, 0.15) is 41.0 Å². The summed E-state index contributed by atoms with van der Waals surface area (Å²) in [6.07, 6.45) is -1.07. The van der Waals surface area contributed by atoms with Crippen molar-refractivity contribution in [1.29, 1.82) is 0 Å². The van der Waals surface area contributed by atoms with Crippen LogP contribution in [0.2, 0.25) is 0 Å². The number of nitrogens with one attached hydrogen (secondary N) is 1. The summed E-state index contributed by atoms with van der Waals surface area (Å²) in [5.41, 5.74) is 1.71. The molecule has 12 heteroatoms. The zero-order chi connectivity index (χ0) is 28.9. The predicted octanol–water partition coefficient (Wildman–Crippen LogP) is 5.47. The number of anilines is 1. The van der Waals surface area contributed by atoms with Gasteiger partial charge in [-0.1, -0.05) is 22.0 Å². The van der Waals surface area contributed by atoms with Crippen LogP contribution >= 0.6 is 15.9 Å². The van der Waals surface area contributed by atoms with Gasteiger partial charge in [-0.15, -0.1) is 6.58 Å². The second kappa shape index (κ2) is 10.2. The minimum absolute atomic E-state index is 0.0285. The second-order valence-corrected chi connectivity index (χ2v) is 10.7. The van der Waals surface area contributed by atoms with Crippen molar-refractivity contribution in [2.24, 2.45) is 7.05 Å². The summed E-state index contributed by atoms with van der Waals surface area (Å²) in [4.78, 5) is 37.9. The van der Waals surface area contributed by atoms with Crippen LogP contribution in [0.3, 0.4) is 0 Å². The third-order valence-electron chi connectivity index (χ3n) is 7.07. The molecule has 3 heterocycles. The summed E-state index contributed by atoms with van der Waals surface area (Å²) in [6, 6.07) is 8.21. The summed E-state index contributed by atoms with van der Waals surface area (Å²) in [5.74, 6) is -0.312. The summed E-state index contributed by atoms with van der Waals surface area (Å²) in [5, 5.41) is 3.19. The number of carbonyl (C=O) groups is 1. The molecule has 40 heavy (non-hydrogen) atoms. The van der Waals surface area contributed by atoms with E-state index in [9.17, 15) is 22.8 Å². The average molecular weight is 615 g/mol. The summed E-state index contributed by atoms with van der Waals surface area (Å²) >= 11 is 2.92. The van der Waals surface area contributed by atoms with Crippen LogP contribution < -0.4 is 10.9 Å². The first-order chi connectivity index (χ1) is 18.9. The molecule has 0 fully saturated rings. The Labute approximate surface area is 236 Å². The molecule has 2 aromatic carbocycles. The van der Waals surface area contributed by atoms with Crippen molar-refractivity contribution in [2.75, 3.05) is 5.32 Å². The van der Waals surface area contributed by atoms with Crippen molar-refractivity contribution in [1.82, 2.24) is 24.0 Å². The molecule has 4 aromatic rings. The summed E-state index contributed by atoms with van der Waals surface area (Å²) in [6.45, 7) is 7.39. The van der Waals surface area contributed by atoms with E-state index >= 15 is 0 Å². The fourth-order valence-electron chi connectivity index (χ4n) is 4.83. The van der Waals surface area contributed by atoms with Gasteiger partial charge in [0.1, 0.15) is 0 Å². The van der Waals surface area contributed by atoms with Gasteiger partial charge in [0.25, 0.3) is 11.5 Å². The lowest BCUT2D eigenvalue weighted by molar-refractivity contribution is -0.138. The first kappa shape index (κ1) is 27.6. The quantitative estimate of drug-likeness (QED) is 0.301. The highest BCUT2D eigenvalue weighted by Gasteiger charge is 2.36. The van der Waals surface area contributed by atoms with Crippen molar-refractivity contribution >= 4 is 38.8 Å². The van der Waals surface area contributed by atoms with Gasteiger partial charge in [-0.3, -0.25) is 9.59 Å². The van der Waals surface area contributed by atoms with E-state index in [-0.39, 0.29) is 40.6 Å². The first-order valence-electron chi connectivity index (χ1n) is 12.5. The van der Waals surface area contributed by atoms with Gasteiger partial charge in [0.05, 0.1) is 40.9 Å². The normalized spacial score (nSPS) is 16.1. The van der Waals surface area contributed by atoms with E-state index in [1.807, 2.05) is 36.7 Å². The number of amides is 1. The van der Waals surface area contributed by atoms with Crippen LogP contribution in [-0.2, 0) is 26.2 Å². The van der Waals surface area contributed by atoms with Gasteiger partial charge in [-0.25, -0.2) is 14.5 Å². The van der Waals surface area contributed by atoms with Gasteiger partial charge in [0.15, 0.2) is 0 Å². The number of hydrogen-bond acceptors (Lipinski definition) is 5. The van der Waals surface area contributed by atoms with E-state index in [4.69, 9.17) is 4.98 Å². The zero-order valence-electron chi connectivity index (χ0n) is 22.0. The Hall–Kier alpha value is -3.93. The fourth-order valence-corrected chi connectivity index (χ4v) is 5.31. The third-order valence-corrected chi connectivity index (χ3v) is 7.76. The molecule has 1 aliphatic rings. The number of imidazole rings is 1. The number of alkyl halides is 3. The lowest BCUT2D eigenvalue weighted by atomic mass is 9.98. The molecule has 1 aliphatic heterocycles. The number of hydrogen-bond donors (Lipinski definition) is 1. The third kappa shape index (κ3) is 4.91. The minimum atomic E-state index is -4.62. The molecule has 0 bridgehead atoms. The van der Waals surface area contributed by atoms with Gasteiger partial charge in [-0.05, 0) is 56.7 Å². The minimum Gasteiger partial charge on any atom is -0.349 e. The molecule has 0 radical (unpaired) electrons. The molecule has 1 amide bonds. The molecule has 1 N–H and O–H groups in total. The molecule has 208 valence electrons. The van der Waals surface area contributed by atoms with E-state index in [1.54, 1.807) is 19.3 Å². The molecular formula is C28H26BrF3N6O2. The largest absolute Gasteiger partial charge is 0.417 e. The highest BCUT2D eigenvalue weighted by Crippen LogP contribution is 2.36. The van der Waals surface area contributed by atoms with Crippen LogP contribution in [0.15, 0.2) is 64.6 Å². The number of benzene rings is 2. The van der Waals surface area contributed by atoms with Crippen molar-refractivity contribution in [3.63, 3.8) is 0 Å². The van der Waals surface area contributed by atoms with E-state index in [1.165, 1.54) is 21.6 Å². The van der Waals surface area contributed by atoms with Gasteiger partial charge in [0, 0.05) is 34.7 Å². The van der Waals surface area contributed by atoms with Crippen LogP contribution in [-0.4, -0.2) is 42.0 Å². The fraction of sp³-hybridized carbons (Fsp3) is 0.286. The lowest BCUT2D eigenvalue weighted by Crippen LogP contribution is -2.46. The van der Waals surface area contributed by atoms with Crippen molar-refractivity contribution in [2.45, 2.75) is 45.1 Å². The highest BCUT2D eigenvalue weighted by atomic mass is 79.9. The van der Waals surface area contributed by atoms with E-state index in [0.717, 1.165) is 11.6 Å². The molecule has 0 aliphatic carbocycles. The maximum Gasteiger partial charge on any atom is 0.417 e. The van der Waals surface area contributed by atoms with Crippen molar-refractivity contribution in [3.05, 3.63) is 92.6 Å². The topological polar surface area (TPSA) is 85.1 Å². The van der Waals surface area contributed by atoms with E-state index in [2.05, 4.69) is 32.8 Å². The Balaban J connectivity index is 1.58. The smallest absolute Gasteiger partial charge is 0.349 e. The maximum absolute atomic E-state index is 13.9. The molecule has 0 spiro atoms. The molecule has 2 unspecified atom stereocenters. The molecule has 2 aromatic heterocycles. The average Bonchev–Trinajstić information content (AvgIpc) is 3.28. The van der Waals surface area contributed by atoms with Crippen LogP contribution in [0.4, 0.5) is 19.1 Å². The van der Waals surface area contributed by atoms with Gasteiger partial charge in [0.2, 0.25) is 5.95 Å². The lowest BCUT2D eigenvalue weighted by Gasteiger charge is -2.35. The number of fused-ring (bicyclic) bond motifs is 2. The molecular weight excluding hydrogens is 589 g/mol. The SMILES string of the molecule is C=CC(C)Nc1nc2c(c(=O)n1-c1ccc3c(c1)ncn3C)CC(C)N(C(=O)c1ccc(Br)c(C(F)(F)F)c1)C2. The van der Waals surface area contributed by atoms with Crippen LogP contribution in [0.25, 0.3) is 16.7 Å². The zero-order valence-corrected chi connectivity index (χ0v) is 23.5. The Morgan fingerprint density at radius 1 is 1.25 bits per heavy atom. The Morgan fingerprint density at radius 3 is 2.70 bits per heavy atom. The summed E-state index contributed by atoms with van der Waals surface area (Å²) < 4.78 is 43.6. The Morgan fingerprint density at radius 2 is 2.00 bits per heavy atom. The highest BCUT2D eigenvalue weighted by molar-refractivity contribution is 9.10. The number of rotatable bonds is 5. The Bertz CT molecular complexity index is 1710. The van der Waals surface area contributed by atoms with Gasteiger partial charge in [-0.2, -0.15) is 13.2 Å². The van der Waals surface area contributed by atoms with Gasteiger partial charge >= 0.3 is 6.18 Å². The number of nitrogens with zero attached hydrogens (tertiary/aromatic N) is 5. The number of aromatic nitrogens is 4. The predicted molar refractivity (Wildman–Crippen MR) is 150 cm³/mol. The molecule has 8 nitrogen and oxygen atoms in total. The van der Waals surface area contributed by atoms with Crippen molar-refractivity contribution in [3.8, 4) is 5.69 Å². The van der Waals surface area contributed by atoms with E-state index in [0.29, 0.717) is 22.5 Å². The van der Waals surface area contributed by atoms with Crippen LogP contribution in [0, 0.1) is 0 Å². The maximum atomic E-state index is 13.9. The molecule has 0 saturated heterocycles. The number of aryl methyl sites for hydroxylation is 1. The number of carbonyl (C=O) groups excluding carboxylic acids is 1. The van der Waals surface area contributed by atoms with Crippen molar-refractivity contribution < 1.29 is 18.0 Å². The Kier molecular flexibility index (Phi) is 7.07. The second-order valence-electron chi connectivity index (χ2n) is 9.88.